The van der Waals surface area contributed by atoms with E-state index in [1.807, 2.05) is 30.5 Å². The highest BCUT2D eigenvalue weighted by atomic mass is 32.1. The molecular weight excluding hydrogens is 284 g/mol. The SMILES string of the molecule is CC(C)(C)c1nsc(Nc2cccc(-n3ccnn3)c2)n1. The Bertz CT molecular complexity index is 726. The van der Waals surface area contributed by atoms with Crippen LogP contribution < -0.4 is 5.32 Å². The fourth-order valence-corrected chi connectivity index (χ4v) is 2.55. The zero-order valence-corrected chi connectivity index (χ0v) is 12.9. The van der Waals surface area contributed by atoms with Crippen molar-refractivity contribution in [2.45, 2.75) is 26.2 Å². The van der Waals surface area contributed by atoms with Crippen LogP contribution in [0.15, 0.2) is 36.7 Å². The zero-order chi connectivity index (χ0) is 14.9. The molecule has 0 fully saturated rings. The molecule has 0 bridgehead atoms. The minimum absolute atomic E-state index is 0.0427. The van der Waals surface area contributed by atoms with E-state index >= 15 is 0 Å². The van der Waals surface area contributed by atoms with Gasteiger partial charge in [0.2, 0.25) is 5.13 Å². The van der Waals surface area contributed by atoms with Gasteiger partial charge >= 0.3 is 0 Å². The normalized spacial score (nSPS) is 11.6. The van der Waals surface area contributed by atoms with Gasteiger partial charge in [0.1, 0.15) is 5.82 Å². The summed E-state index contributed by atoms with van der Waals surface area (Å²) in [6, 6.07) is 7.91. The Hall–Kier alpha value is -2.28. The molecule has 0 spiro atoms. The van der Waals surface area contributed by atoms with Crippen molar-refractivity contribution in [2.75, 3.05) is 5.32 Å². The number of hydrogen-bond donors (Lipinski definition) is 1. The molecule has 6 nitrogen and oxygen atoms in total. The van der Waals surface area contributed by atoms with Gasteiger partial charge in [0.25, 0.3) is 0 Å². The maximum Gasteiger partial charge on any atom is 0.207 e. The second-order valence-electron chi connectivity index (χ2n) is 5.70. The summed E-state index contributed by atoms with van der Waals surface area (Å²) in [5.74, 6) is 0.849. The van der Waals surface area contributed by atoms with Crippen molar-refractivity contribution in [3.63, 3.8) is 0 Å². The van der Waals surface area contributed by atoms with Crippen LogP contribution in [0.2, 0.25) is 0 Å². The molecule has 0 saturated heterocycles. The van der Waals surface area contributed by atoms with Gasteiger partial charge in [-0.2, -0.15) is 4.37 Å². The van der Waals surface area contributed by atoms with E-state index in [-0.39, 0.29) is 5.41 Å². The number of hydrogen-bond acceptors (Lipinski definition) is 6. The average molecular weight is 300 g/mol. The number of anilines is 2. The largest absolute Gasteiger partial charge is 0.330 e. The lowest BCUT2D eigenvalue weighted by molar-refractivity contribution is 0.555. The molecule has 0 saturated carbocycles. The Kier molecular flexibility index (Phi) is 3.42. The van der Waals surface area contributed by atoms with Crippen molar-refractivity contribution in [3.05, 3.63) is 42.5 Å². The summed E-state index contributed by atoms with van der Waals surface area (Å²) in [7, 11) is 0. The van der Waals surface area contributed by atoms with Crippen LogP contribution in [0.5, 0.6) is 0 Å². The van der Waals surface area contributed by atoms with Gasteiger partial charge in [-0.1, -0.05) is 32.1 Å². The predicted molar refractivity (Wildman–Crippen MR) is 83.3 cm³/mol. The first-order chi connectivity index (χ1) is 10.0. The Morgan fingerprint density at radius 1 is 1.24 bits per heavy atom. The Morgan fingerprint density at radius 3 is 2.76 bits per heavy atom. The van der Waals surface area contributed by atoms with Crippen LogP contribution in [0.4, 0.5) is 10.8 Å². The summed E-state index contributed by atoms with van der Waals surface area (Å²) in [5, 5.41) is 11.9. The zero-order valence-electron chi connectivity index (χ0n) is 12.1. The summed E-state index contributed by atoms with van der Waals surface area (Å²) in [6.45, 7) is 6.30. The quantitative estimate of drug-likeness (QED) is 0.804. The molecule has 21 heavy (non-hydrogen) atoms. The van der Waals surface area contributed by atoms with Crippen LogP contribution in [0, 0.1) is 0 Å². The molecular formula is C14H16N6S. The first-order valence-corrected chi connectivity index (χ1v) is 7.38. The monoisotopic (exact) mass is 300 g/mol. The van der Waals surface area contributed by atoms with Crippen LogP contribution in [-0.4, -0.2) is 24.4 Å². The molecule has 0 aliphatic heterocycles. The standard InChI is InChI=1S/C14H16N6S/c1-14(2,3)12-17-13(21-18-12)16-10-5-4-6-11(9-10)20-8-7-15-19-20/h4-9H,1-3H3,(H,16,17,18). The van der Waals surface area contributed by atoms with Crippen molar-refractivity contribution >= 4 is 22.4 Å². The number of nitrogens with one attached hydrogen (secondary N) is 1. The van der Waals surface area contributed by atoms with E-state index in [2.05, 4.69) is 45.8 Å². The van der Waals surface area contributed by atoms with Gasteiger partial charge in [0.15, 0.2) is 0 Å². The van der Waals surface area contributed by atoms with Crippen molar-refractivity contribution in [2.24, 2.45) is 0 Å². The molecule has 1 N–H and O–H groups in total. The molecule has 3 rings (SSSR count). The van der Waals surface area contributed by atoms with Gasteiger partial charge in [-0.25, -0.2) is 9.67 Å². The van der Waals surface area contributed by atoms with E-state index in [9.17, 15) is 0 Å². The second-order valence-corrected chi connectivity index (χ2v) is 6.45. The third-order valence-corrected chi connectivity index (χ3v) is 3.51. The lowest BCUT2D eigenvalue weighted by atomic mass is 9.96. The molecule has 2 aromatic heterocycles. The number of nitrogens with zero attached hydrogens (tertiary/aromatic N) is 5. The summed E-state index contributed by atoms with van der Waals surface area (Å²) in [5.41, 5.74) is 1.84. The van der Waals surface area contributed by atoms with Crippen LogP contribution in [0.3, 0.4) is 0 Å². The Labute approximate surface area is 127 Å². The van der Waals surface area contributed by atoms with Crippen molar-refractivity contribution in [1.29, 1.82) is 0 Å². The van der Waals surface area contributed by atoms with Gasteiger partial charge in [-0.3, -0.25) is 0 Å². The summed E-state index contributed by atoms with van der Waals surface area (Å²) >= 11 is 1.37. The molecule has 7 heteroatoms. The van der Waals surface area contributed by atoms with Crippen LogP contribution >= 0.6 is 11.5 Å². The van der Waals surface area contributed by atoms with Gasteiger partial charge in [0.05, 0.1) is 18.1 Å². The maximum atomic E-state index is 4.53. The lowest BCUT2D eigenvalue weighted by Crippen LogP contribution is -2.13. The Balaban J connectivity index is 1.82. The highest BCUT2D eigenvalue weighted by Gasteiger charge is 2.19. The molecule has 0 amide bonds. The number of rotatable bonds is 3. The third-order valence-electron chi connectivity index (χ3n) is 2.88. The molecule has 0 aliphatic rings. The summed E-state index contributed by atoms with van der Waals surface area (Å²) < 4.78 is 6.11. The van der Waals surface area contributed by atoms with Crippen LogP contribution in [0.1, 0.15) is 26.6 Å². The van der Waals surface area contributed by atoms with Crippen LogP contribution in [0.25, 0.3) is 5.69 Å². The highest BCUT2D eigenvalue weighted by molar-refractivity contribution is 7.09. The van der Waals surface area contributed by atoms with Gasteiger partial charge < -0.3 is 5.32 Å². The van der Waals surface area contributed by atoms with Crippen molar-refractivity contribution in [1.82, 2.24) is 24.4 Å². The van der Waals surface area contributed by atoms with E-state index in [0.29, 0.717) is 0 Å². The molecule has 108 valence electrons. The van der Waals surface area contributed by atoms with Crippen molar-refractivity contribution < 1.29 is 0 Å². The van der Waals surface area contributed by atoms with E-state index < -0.39 is 0 Å². The van der Waals surface area contributed by atoms with Crippen LogP contribution in [-0.2, 0) is 5.41 Å². The fourth-order valence-electron chi connectivity index (χ4n) is 1.77. The number of aromatic nitrogens is 5. The van der Waals surface area contributed by atoms with Crippen molar-refractivity contribution in [3.8, 4) is 5.69 Å². The molecule has 0 radical (unpaired) electrons. The average Bonchev–Trinajstić information content (AvgIpc) is 3.09. The first-order valence-electron chi connectivity index (χ1n) is 6.60. The molecule has 1 aromatic carbocycles. The molecule has 3 aromatic rings. The maximum absolute atomic E-state index is 4.53. The highest BCUT2D eigenvalue weighted by Crippen LogP contribution is 2.25. The minimum atomic E-state index is -0.0427. The molecule has 2 heterocycles. The van der Waals surface area contributed by atoms with E-state index in [1.165, 1.54) is 11.5 Å². The fraction of sp³-hybridized carbons (Fsp3) is 0.286. The van der Waals surface area contributed by atoms with E-state index in [0.717, 1.165) is 22.3 Å². The summed E-state index contributed by atoms with van der Waals surface area (Å²) in [6.07, 6.45) is 3.46. The van der Waals surface area contributed by atoms with Gasteiger partial charge in [-0.15, -0.1) is 5.10 Å². The Morgan fingerprint density at radius 2 is 2.10 bits per heavy atom. The topological polar surface area (TPSA) is 68.5 Å². The minimum Gasteiger partial charge on any atom is -0.330 e. The molecule has 0 unspecified atom stereocenters. The third kappa shape index (κ3) is 3.08. The lowest BCUT2D eigenvalue weighted by Gasteiger charge is -2.12. The molecule has 0 aliphatic carbocycles. The first kappa shape index (κ1) is 13.7. The number of benzene rings is 1. The smallest absolute Gasteiger partial charge is 0.207 e. The van der Waals surface area contributed by atoms with E-state index in [4.69, 9.17) is 0 Å². The van der Waals surface area contributed by atoms with E-state index in [1.54, 1.807) is 10.9 Å². The second kappa shape index (κ2) is 5.25. The van der Waals surface area contributed by atoms with Gasteiger partial charge in [0, 0.05) is 22.6 Å². The predicted octanol–water partition coefficient (Wildman–Crippen LogP) is 3.16. The van der Waals surface area contributed by atoms with Gasteiger partial charge in [-0.05, 0) is 18.2 Å². The summed E-state index contributed by atoms with van der Waals surface area (Å²) in [4.78, 5) is 4.53. The molecule has 0 atom stereocenters.